The summed E-state index contributed by atoms with van der Waals surface area (Å²) in [6.07, 6.45) is -4.51. The molecule has 0 aliphatic carbocycles. The van der Waals surface area contributed by atoms with Crippen LogP contribution in [0.2, 0.25) is 5.02 Å². The van der Waals surface area contributed by atoms with Crippen LogP contribution in [0.1, 0.15) is 16.7 Å². The Hall–Kier alpha value is -2.19. The summed E-state index contributed by atoms with van der Waals surface area (Å²) >= 11 is 5.63. The number of anilines is 2. The SMILES string of the molecule is Cc1cc(Nc2ccc(Cl)cc2C(F)(F)F)ccc1C#N. The molecule has 0 radical (unpaired) electrons. The standard InChI is InChI=1S/C15H10ClF3N2/c1-9-6-12(4-2-10(9)8-20)21-14-5-3-11(16)7-13(14)15(17,18)19/h2-7,21H,1H3. The van der Waals surface area contributed by atoms with E-state index in [0.29, 0.717) is 16.8 Å². The van der Waals surface area contributed by atoms with Crippen molar-refractivity contribution in [3.05, 3.63) is 58.1 Å². The van der Waals surface area contributed by atoms with E-state index in [2.05, 4.69) is 5.32 Å². The van der Waals surface area contributed by atoms with Gasteiger partial charge in [-0.3, -0.25) is 0 Å². The van der Waals surface area contributed by atoms with Gasteiger partial charge < -0.3 is 5.32 Å². The van der Waals surface area contributed by atoms with Gasteiger partial charge in [0.05, 0.1) is 22.9 Å². The molecular weight excluding hydrogens is 301 g/mol. The topological polar surface area (TPSA) is 35.8 Å². The molecule has 0 aliphatic rings. The average Bonchev–Trinajstić information content (AvgIpc) is 2.40. The summed E-state index contributed by atoms with van der Waals surface area (Å²) in [5, 5.41) is 11.6. The number of hydrogen-bond donors (Lipinski definition) is 1. The number of nitriles is 1. The predicted octanol–water partition coefficient (Wildman–Crippen LogP) is 5.28. The summed E-state index contributed by atoms with van der Waals surface area (Å²) in [5.74, 6) is 0. The number of hydrogen-bond acceptors (Lipinski definition) is 2. The average molecular weight is 311 g/mol. The van der Waals surface area contributed by atoms with Crippen LogP contribution in [-0.4, -0.2) is 0 Å². The van der Waals surface area contributed by atoms with Crippen LogP contribution in [0.25, 0.3) is 0 Å². The van der Waals surface area contributed by atoms with Crippen molar-refractivity contribution in [1.82, 2.24) is 0 Å². The largest absolute Gasteiger partial charge is 0.418 e. The molecule has 21 heavy (non-hydrogen) atoms. The normalized spacial score (nSPS) is 11.0. The molecule has 0 amide bonds. The number of alkyl halides is 3. The molecule has 6 heteroatoms. The summed E-state index contributed by atoms with van der Waals surface area (Å²) in [7, 11) is 0. The van der Waals surface area contributed by atoms with Gasteiger partial charge in [-0.15, -0.1) is 0 Å². The Bertz CT molecular complexity index is 718. The summed E-state index contributed by atoms with van der Waals surface area (Å²) in [6, 6.07) is 10.3. The first-order valence-electron chi connectivity index (χ1n) is 5.96. The summed E-state index contributed by atoms with van der Waals surface area (Å²) in [4.78, 5) is 0. The Morgan fingerprint density at radius 1 is 1.14 bits per heavy atom. The molecule has 0 saturated heterocycles. The van der Waals surface area contributed by atoms with Gasteiger partial charge >= 0.3 is 6.18 Å². The molecule has 2 aromatic rings. The Morgan fingerprint density at radius 3 is 2.43 bits per heavy atom. The van der Waals surface area contributed by atoms with E-state index in [4.69, 9.17) is 16.9 Å². The highest BCUT2D eigenvalue weighted by molar-refractivity contribution is 6.30. The molecule has 0 fully saturated rings. The lowest BCUT2D eigenvalue weighted by atomic mass is 10.1. The lowest BCUT2D eigenvalue weighted by Gasteiger charge is -2.15. The molecule has 0 aliphatic heterocycles. The second-order valence-electron chi connectivity index (χ2n) is 4.45. The molecule has 1 N–H and O–H groups in total. The quantitative estimate of drug-likeness (QED) is 0.819. The predicted molar refractivity (Wildman–Crippen MR) is 75.6 cm³/mol. The molecule has 0 heterocycles. The summed E-state index contributed by atoms with van der Waals surface area (Å²) in [5.41, 5.74) is 0.713. The smallest absolute Gasteiger partial charge is 0.355 e. The van der Waals surface area contributed by atoms with Crippen molar-refractivity contribution < 1.29 is 13.2 Å². The molecule has 108 valence electrons. The van der Waals surface area contributed by atoms with Crippen LogP contribution in [0.5, 0.6) is 0 Å². The van der Waals surface area contributed by atoms with E-state index in [0.717, 1.165) is 6.07 Å². The minimum atomic E-state index is -4.51. The molecule has 0 bridgehead atoms. The van der Waals surface area contributed by atoms with Gasteiger partial charge in [0.25, 0.3) is 0 Å². The zero-order chi connectivity index (χ0) is 15.6. The minimum absolute atomic E-state index is 0.0175. The number of benzene rings is 2. The van der Waals surface area contributed by atoms with Crippen molar-refractivity contribution >= 4 is 23.0 Å². The third kappa shape index (κ3) is 3.47. The Kier molecular flexibility index (Phi) is 4.10. The van der Waals surface area contributed by atoms with Gasteiger partial charge in [0.1, 0.15) is 0 Å². The third-order valence-corrected chi connectivity index (χ3v) is 3.15. The lowest BCUT2D eigenvalue weighted by Crippen LogP contribution is -2.08. The van der Waals surface area contributed by atoms with Crippen molar-refractivity contribution in [1.29, 1.82) is 5.26 Å². The van der Waals surface area contributed by atoms with Crippen molar-refractivity contribution in [2.75, 3.05) is 5.32 Å². The molecular formula is C15H10ClF3N2. The maximum absolute atomic E-state index is 13.0. The van der Waals surface area contributed by atoms with E-state index in [9.17, 15) is 13.2 Å². The number of rotatable bonds is 2. The van der Waals surface area contributed by atoms with Crippen molar-refractivity contribution in [3.63, 3.8) is 0 Å². The maximum Gasteiger partial charge on any atom is 0.418 e. The van der Waals surface area contributed by atoms with Gasteiger partial charge in [0.2, 0.25) is 0 Å². The first-order valence-corrected chi connectivity index (χ1v) is 6.33. The fourth-order valence-corrected chi connectivity index (χ4v) is 2.05. The van der Waals surface area contributed by atoms with E-state index >= 15 is 0 Å². The minimum Gasteiger partial charge on any atom is -0.355 e. The van der Waals surface area contributed by atoms with E-state index in [1.165, 1.54) is 12.1 Å². The van der Waals surface area contributed by atoms with Gasteiger partial charge in [0.15, 0.2) is 0 Å². The first-order chi connectivity index (χ1) is 9.81. The fraction of sp³-hybridized carbons (Fsp3) is 0.133. The molecule has 2 aromatic carbocycles. The zero-order valence-electron chi connectivity index (χ0n) is 10.9. The molecule has 0 spiro atoms. The zero-order valence-corrected chi connectivity index (χ0v) is 11.7. The monoisotopic (exact) mass is 310 g/mol. The van der Waals surface area contributed by atoms with Crippen molar-refractivity contribution in [2.24, 2.45) is 0 Å². The highest BCUT2D eigenvalue weighted by Gasteiger charge is 2.33. The highest BCUT2D eigenvalue weighted by atomic mass is 35.5. The van der Waals surface area contributed by atoms with Crippen molar-refractivity contribution in [2.45, 2.75) is 13.1 Å². The third-order valence-electron chi connectivity index (χ3n) is 2.91. The van der Waals surface area contributed by atoms with E-state index in [-0.39, 0.29) is 10.7 Å². The molecule has 2 rings (SSSR count). The van der Waals surface area contributed by atoms with Gasteiger partial charge in [0, 0.05) is 10.7 Å². The molecule has 0 saturated carbocycles. The highest BCUT2D eigenvalue weighted by Crippen LogP contribution is 2.37. The fourth-order valence-electron chi connectivity index (χ4n) is 1.88. The Labute approximate surface area is 124 Å². The van der Waals surface area contributed by atoms with E-state index in [1.807, 2.05) is 6.07 Å². The van der Waals surface area contributed by atoms with E-state index < -0.39 is 11.7 Å². The lowest BCUT2D eigenvalue weighted by molar-refractivity contribution is -0.136. The molecule has 0 atom stereocenters. The van der Waals surface area contributed by atoms with Gasteiger partial charge in [-0.2, -0.15) is 18.4 Å². The Balaban J connectivity index is 2.41. The number of halogens is 4. The second kappa shape index (κ2) is 5.66. The van der Waals surface area contributed by atoms with Gasteiger partial charge in [-0.05, 0) is 48.9 Å². The molecule has 0 unspecified atom stereocenters. The van der Waals surface area contributed by atoms with Crippen LogP contribution in [0.3, 0.4) is 0 Å². The molecule has 2 nitrogen and oxygen atoms in total. The Morgan fingerprint density at radius 2 is 1.86 bits per heavy atom. The summed E-state index contributed by atoms with van der Waals surface area (Å²) in [6.45, 7) is 1.72. The number of nitrogens with one attached hydrogen (secondary N) is 1. The van der Waals surface area contributed by atoms with Crippen LogP contribution in [0, 0.1) is 18.3 Å². The van der Waals surface area contributed by atoms with Crippen molar-refractivity contribution in [3.8, 4) is 6.07 Å². The summed E-state index contributed by atoms with van der Waals surface area (Å²) < 4.78 is 39.0. The van der Waals surface area contributed by atoms with Crippen LogP contribution in [0.15, 0.2) is 36.4 Å². The van der Waals surface area contributed by atoms with Gasteiger partial charge in [-0.25, -0.2) is 0 Å². The first kappa shape index (κ1) is 15.2. The van der Waals surface area contributed by atoms with E-state index in [1.54, 1.807) is 25.1 Å². The van der Waals surface area contributed by atoms with Crippen LogP contribution in [0.4, 0.5) is 24.5 Å². The number of aryl methyl sites for hydroxylation is 1. The second-order valence-corrected chi connectivity index (χ2v) is 4.89. The van der Waals surface area contributed by atoms with Crippen LogP contribution in [-0.2, 0) is 6.18 Å². The van der Waals surface area contributed by atoms with Gasteiger partial charge in [-0.1, -0.05) is 11.6 Å². The molecule has 0 aromatic heterocycles. The number of nitrogens with zero attached hydrogens (tertiary/aromatic N) is 1. The van der Waals surface area contributed by atoms with Crippen LogP contribution >= 0.6 is 11.6 Å². The maximum atomic E-state index is 13.0. The van der Waals surface area contributed by atoms with Crippen LogP contribution < -0.4 is 5.32 Å².